The molecule has 0 bridgehead atoms. The molecule has 0 spiro atoms. The number of anilines is 1. The van der Waals surface area contributed by atoms with Crippen molar-refractivity contribution in [1.29, 1.82) is 0 Å². The largest absolute Gasteiger partial charge is 0.490 e. The molecular formula is C27H25ClF3N5O2. The molecule has 0 atom stereocenters. The first-order valence-corrected chi connectivity index (χ1v) is 12.5. The second-order valence-electron chi connectivity index (χ2n) is 9.29. The lowest BCUT2D eigenvalue weighted by Gasteiger charge is -2.30. The van der Waals surface area contributed by atoms with Crippen molar-refractivity contribution in [1.82, 2.24) is 19.4 Å². The number of nitrogens with one attached hydrogen (secondary N) is 1. The summed E-state index contributed by atoms with van der Waals surface area (Å²) >= 11 is 6.45. The van der Waals surface area contributed by atoms with Crippen LogP contribution in [-0.4, -0.2) is 51.6 Å². The van der Waals surface area contributed by atoms with Crippen molar-refractivity contribution in [3.05, 3.63) is 77.2 Å². The number of fused-ring (bicyclic) bond motifs is 1. The first-order chi connectivity index (χ1) is 18.2. The van der Waals surface area contributed by atoms with Crippen LogP contribution in [-0.2, 0) is 17.4 Å². The summed E-state index contributed by atoms with van der Waals surface area (Å²) in [5.41, 5.74) is 1.75. The number of pyridine rings is 1. The Balaban J connectivity index is 1.29. The van der Waals surface area contributed by atoms with Crippen molar-refractivity contribution in [2.24, 2.45) is 0 Å². The normalized spacial score (nSPS) is 15.1. The first kappa shape index (κ1) is 26.0. The van der Waals surface area contributed by atoms with Gasteiger partial charge in [-0.2, -0.15) is 13.2 Å². The topological polar surface area (TPSA) is 72.3 Å². The molecule has 1 N–H and O–H groups in total. The van der Waals surface area contributed by atoms with E-state index >= 15 is 0 Å². The van der Waals surface area contributed by atoms with E-state index < -0.39 is 17.6 Å². The molecule has 0 saturated carbocycles. The van der Waals surface area contributed by atoms with Crippen molar-refractivity contribution in [3.8, 4) is 11.4 Å². The van der Waals surface area contributed by atoms with Gasteiger partial charge < -0.3 is 15.0 Å². The molecule has 7 nitrogen and oxygen atoms in total. The first-order valence-electron chi connectivity index (χ1n) is 12.1. The van der Waals surface area contributed by atoms with E-state index in [2.05, 4.69) is 20.2 Å². The Bertz CT molecular complexity index is 1460. The van der Waals surface area contributed by atoms with Crippen molar-refractivity contribution < 1.29 is 22.7 Å². The van der Waals surface area contributed by atoms with Gasteiger partial charge in [-0.1, -0.05) is 17.7 Å². The molecule has 11 heteroatoms. The number of hydrogen-bond donors (Lipinski definition) is 1. The fourth-order valence-electron chi connectivity index (χ4n) is 4.46. The predicted octanol–water partition coefficient (Wildman–Crippen LogP) is 5.75. The van der Waals surface area contributed by atoms with Crippen LogP contribution >= 0.6 is 11.6 Å². The number of piperidine rings is 1. The highest BCUT2D eigenvalue weighted by atomic mass is 35.5. The quantitative estimate of drug-likeness (QED) is 0.335. The van der Waals surface area contributed by atoms with Gasteiger partial charge in [0.1, 0.15) is 23.7 Å². The fourth-order valence-corrected chi connectivity index (χ4v) is 4.70. The molecule has 1 fully saturated rings. The number of amides is 1. The zero-order valence-corrected chi connectivity index (χ0v) is 21.3. The third-order valence-corrected chi connectivity index (χ3v) is 6.85. The summed E-state index contributed by atoms with van der Waals surface area (Å²) in [6, 6.07) is 12.4. The lowest BCUT2D eigenvalue weighted by molar-refractivity contribution is -0.139. The molecular weight excluding hydrogens is 519 g/mol. The molecule has 5 rings (SSSR count). The van der Waals surface area contributed by atoms with Crippen molar-refractivity contribution in [3.63, 3.8) is 0 Å². The average molecular weight is 544 g/mol. The van der Waals surface area contributed by atoms with Gasteiger partial charge in [-0.25, -0.2) is 9.97 Å². The second-order valence-corrected chi connectivity index (χ2v) is 9.70. The molecule has 1 saturated heterocycles. The third kappa shape index (κ3) is 5.76. The molecule has 1 aliphatic heterocycles. The van der Waals surface area contributed by atoms with Crippen LogP contribution in [0.15, 0.2) is 61.1 Å². The lowest BCUT2D eigenvalue weighted by atomic mass is 10.1. The summed E-state index contributed by atoms with van der Waals surface area (Å²) < 4.78 is 48.9. The standard InChI is InChI=1S/C27H25ClF3N5O2/c1-35-11-8-20(9-12-35)38-24-7-5-18(14-21(24)27(29,30)31)34-25(37)13-17-4-6-19(15-22(17)28)36-16-33-23-3-2-10-32-26(23)36/h2-7,10,14-16,20H,8-9,11-13H2,1H3,(H,34,37). The van der Waals surface area contributed by atoms with Gasteiger partial charge in [-0.3, -0.25) is 9.36 Å². The molecule has 1 amide bonds. The van der Waals surface area contributed by atoms with Crippen molar-refractivity contribution in [2.75, 3.05) is 25.5 Å². The van der Waals surface area contributed by atoms with E-state index in [-0.39, 0.29) is 24.0 Å². The summed E-state index contributed by atoms with van der Waals surface area (Å²) in [4.78, 5) is 23.5. The number of rotatable bonds is 6. The van der Waals surface area contributed by atoms with E-state index in [1.165, 1.54) is 12.1 Å². The summed E-state index contributed by atoms with van der Waals surface area (Å²) in [6.45, 7) is 1.53. The number of likely N-dealkylation sites (tertiary alicyclic amines) is 1. The van der Waals surface area contributed by atoms with Gasteiger partial charge in [0.15, 0.2) is 5.65 Å². The van der Waals surface area contributed by atoms with Gasteiger partial charge in [-0.05, 0) is 67.9 Å². The molecule has 38 heavy (non-hydrogen) atoms. The molecule has 2 aromatic heterocycles. The van der Waals surface area contributed by atoms with E-state index in [1.807, 2.05) is 13.1 Å². The summed E-state index contributed by atoms with van der Waals surface area (Å²) in [5.74, 6) is -0.725. The van der Waals surface area contributed by atoms with E-state index in [4.69, 9.17) is 16.3 Å². The molecule has 0 radical (unpaired) electrons. The molecule has 0 unspecified atom stereocenters. The number of imidazole rings is 1. The van der Waals surface area contributed by atoms with Crippen LogP contribution in [0.25, 0.3) is 16.9 Å². The number of benzene rings is 2. The monoisotopic (exact) mass is 543 g/mol. The zero-order valence-electron chi connectivity index (χ0n) is 20.5. The highest BCUT2D eigenvalue weighted by Crippen LogP contribution is 2.39. The van der Waals surface area contributed by atoms with Crippen molar-refractivity contribution in [2.45, 2.75) is 31.5 Å². The molecule has 3 heterocycles. The van der Waals surface area contributed by atoms with Crippen LogP contribution in [0, 0.1) is 0 Å². The van der Waals surface area contributed by atoms with Gasteiger partial charge in [0, 0.05) is 30.0 Å². The maximum Gasteiger partial charge on any atom is 0.420 e. The summed E-state index contributed by atoms with van der Waals surface area (Å²) in [5, 5.41) is 2.89. The Morgan fingerprint density at radius 3 is 2.66 bits per heavy atom. The smallest absolute Gasteiger partial charge is 0.420 e. The van der Waals surface area contributed by atoms with E-state index in [9.17, 15) is 18.0 Å². The maximum atomic E-state index is 13.8. The number of nitrogens with zero attached hydrogens (tertiary/aromatic N) is 4. The number of carbonyl (C=O) groups is 1. The Labute approximate surface area is 222 Å². The Kier molecular flexibility index (Phi) is 7.27. The van der Waals surface area contributed by atoms with Crippen molar-refractivity contribution >= 4 is 34.4 Å². The zero-order chi connectivity index (χ0) is 26.9. The van der Waals surface area contributed by atoms with Crippen LogP contribution in [0.1, 0.15) is 24.0 Å². The molecule has 2 aromatic carbocycles. The highest BCUT2D eigenvalue weighted by molar-refractivity contribution is 6.31. The molecule has 1 aliphatic rings. The van der Waals surface area contributed by atoms with E-state index in [1.54, 1.807) is 41.4 Å². The van der Waals surface area contributed by atoms with Gasteiger partial charge in [0.05, 0.1) is 17.7 Å². The minimum absolute atomic E-state index is 0.0294. The lowest BCUT2D eigenvalue weighted by Crippen LogP contribution is -2.36. The minimum atomic E-state index is -4.63. The van der Waals surface area contributed by atoms with Crippen LogP contribution < -0.4 is 10.1 Å². The Morgan fingerprint density at radius 2 is 1.92 bits per heavy atom. The molecule has 4 aromatic rings. The van der Waals surface area contributed by atoms with E-state index in [0.717, 1.165) is 30.4 Å². The van der Waals surface area contributed by atoms with Gasteiger partial charge in [0.2, 0.25) is 5.91 Å². The van der Waals surface area contributed by atoms with Gasteiger partial charge >= 0.3 is 6.18 Å². The van der Waals surface area contributed by atoms with Crippen LogP contribution in [0.5, 0.6) is 5.75 Å². The van der Waals surface area contributed by atoms with Crippen LogP contribution in [0.2, 0.25) is 5.02 Å². The van der Waals surface area contributed by atoms with Crippen LogP contribution in [0.4, 0.5) is 18.9 Å². The Hall–Kier alpha value is -3.63. The minimum Gasteiger partial charge on any atom is -0.490 e. The van der Waals surface area contributed by atoms with Crippen LogP contribution in [0.3, 0.4) is 0 Å². The fraction of sp³-hybridized carbons (Fsp3) is 0.296. The number of hydrogen-bond acceptors (Lipinski definition) is 5. The molecule has 0 aliphatic carbocycles. The average Bonchev–Trinajstić information content (AvgIpc) is 3.31. The molecule has 198 valence electrons. The third-order valence-electron chi connectivity index (χ3n) is 6.50. The van der Waals surface area contributed by atoms with E-state index in [0.29, 0.717) is 29.1 Å². The second kappa shape index (κ2) is 10.6. The highest BCUT2D eigenvalue weighted by Gasteiger charge is 2.35. The summed E-state index contributed by atoms with van der Waals surface area (Å²) in [6.07, 6.45) is -0.427. The number of carbonyl (C=O) groups excluding carboxylic acids is 1. The Morgan fingerprint density at radius 1 is 1.13 bits per heavy atom. The number of halogens is 4. The number of aromatic nitrogens is 3. The number of ether oxygens (including phenoxy) is 1. The SMILES string of the molecule is CN1CCC(Oc2ccc(NC(=O)Cc3ccc(-n4cnc5cccnc54)cc3Cl)cc2C(F)(F)F)CC1. The van der Waals surface area contributed by atoms with Gasteiger partial charge in [-0.15, -0.1) is 0 Å². The number of alkyl halides is 3. The van der Waals surface area contributed by atoms with Gasteiger partial charge in [0.25, 0.3) is 0 Å². The predicted molar refractivity (Wildman–Crippen MR) is 139 cm³/mol. The maximum absolute atomic E-state index is 13.8. The summed E-state index contributed by atoms with van der Waals surface area (Å²) in [7, 11) is 1.97.